The molecule has 0 aliphatic carbocycles. The molecule has 2 saturated heterocycles. The van der Waals surface area contributed by atoms with Crippen LogP contribution in [0, 0.1) is 13.8 Å². The zero-order chi connectivity index (χ0) is 23.5. The Bertz CT molecular complexity index is 1090. The Hall–Kier alpha value is -3.04. The van der Waals surface area contributed by atoms with E-state index in [0.717, 1.165) is 39.3 Å². The van der Waals surface area contributed by atoms with Crippen LogP contribution in [-0.4, -0.2) is 71.3 Å². The third-order valence-electron chi connectivity index (χ3n) is 6.08. The SMILES string of the molecule is COCn1c(C)cc(/C=C2/SC(=O)N(CC(=O)N3CCN(c4ccccc4)CC3)C2=O)c1C. The molecule has 3 amide bonds. The molecule has 33 heavy (non-hydrogen) atoms. The molecule has 1 aromatic heterocycles. The molecule has 0 unspecified atom stereocenters. The highest BCUT2D eigenvalue weighted by atomic mass is 32.2. The van der Waals surface area contributed by atoms with Crippen molar-refractivity contribution in [3.8, 4) is 0 Å². The van der Waals surface area contributed by atoms with Crippen molar-refractivity contribution in [3.05, 3.63) is 58.3 Å². The van der Waals surface area contributed by atoms with Gasteiger partial charge >= 0.3 is 0 Å². The normalized spacial score (nSPS) is 18.0. The molecule has 0 radical (unpaired) electrons. The number of aryl methyl sites for hydroxylation is 1. The zero-order valence-electron chi connectivity index (χ0n) is 19.1. The number of rotatable bonds is 6. The average Bonchev–Trinajstić information content (AvgIpc) is 3.24. The highest BCUT2D eigenvalue weighted by molar-refractivity contribution is 8.18. The maximum Gasteiger partial charge on any atom is 0.294 e. The summed E-state index contributed by atoms with van der Waals surface area (Å²) in [5.41, 5.74) is 3.95. The molecule has 0 saturated carbocycles. The molecule has 2 aliphatic rings. The molecule has 0 N–H and O–H groups in total. The molecular weight excluding hydrogens is 440 g/mol. The molecular formula is C24H28N4O4S. The van der Waals surface area contributed by atoms with Gasteiger partial charge in [-0.2, -0.15) is 0 Å². The van der Waals surface area contributed by atoms with Crippen molar-refractivity contribution in [3.63, 3.8) is 0 Å². The molecule has 8 nitrogen and oxygen atoms in total. The van der Waals surface area contributed by atoms with Crippen molar-refractivity contribution in [2.45, 2.75) is 20.6 Å². The number of nitrogens with zero attached hydrogens (tertiary/aromatic N) is 4. The number of aromatic nitrogens is 1. The lowest BCUT2D eigenvalue weighted by atomic mass is 10.2. The van der Waals surface area contributed by atoms with Crippen LogP contribution in [-0.2, 0) is 21.1 Å². The average molecular weight is 469 g/mol. The number of methoxy groups -OCH3 is 1. The van der Waals surface area contributed by atoms with Gasteiger partial charge in [-0.1, -0.05) is 18.2 Å². The van der Waals surface area contributed by atoms with Gasteiger partial charge in [-0.25, -0.2) is 0 Å². The number of imide groups is 1. The van der Waals surface area contributed by atoms with Crippen molar-refractivity contribution < 1.29 is 19.1 Å². The first kappa shape index (κ1) is 23.1. The standard InChI is InChI=1S/C24H28N4O4S/c1-17-13-19(18(2)28(17)16-32-3)14-21-23(30)27(24(31)33-21)15-22(29)26-11-9-25(10-12-26)20-7-5-4-6-8-20/h4-8,13-14H,9-12,15-16H2,1-3H3/b21-14+. The van der Waals surface area contributed by atoms with Gasteiger partial charge in [0.05, 0.1) is 4.91 Å². The minimum absolute atomic E-state index is 0.204. The monoisotopic (exact) mass is 468 g/mol. The van der Waals surface area contributed by atoms with Crippen LogP contribution in [0.2, 0.25) is 0 Å². The highest BCUT2D eigenvalue weighted by Crippen LogP contribution is 2.33. The molecule has 3 heterocycles. The number of hydrogen-bond donors (Lipinski definition) is 0. The number of carbonyl (C=O) groups excluding carboxylic acids is 3. The van der Waals surface area contributed by atoms with Crippen LogP contribution in [0.4, 0.5) is 10.5 Å². The van der Waals surface area contributed by atoms with E-state index in [9.17, 15) is 14.4 Å². The van der Waals surface area contributed by atoms with E-state index in [1.54, 1.807) is 18.1 Å². The van der Waals surface area contributed by atoms with Crippen LogP contribution < -0.4 is 4.90 Å². The summed E-state index contributed by atoms with van der Waals surface area (Å²) in [6, 6.07) is 12.0. The van der Waals surface area contributed by atoms with Crippen molar-refractivity contribution in [2.75, 3.05) is 44.7 Å². The fraction of sp³-hybridized carbons (Fsp3) is 0.375. The fourth-order valence-electron chi connectivity index (χ4n) is 4.17. The van der Waals surface area contributed by atoms with E-state index in [2.05, 4.69) is 17.0 Å². The van der Waals surface area contributed by atoms with Gasteiger partial charge in [0.2, 0.25) is 5.91 Å². The second-order valence-corrected chi connectivity index (χ2v) is 9.14. The number of piperazine rings is 1. The summed E-state index contributed by atoms with van der Waals surface area (Å²) < 4.78 is 7.22. The number of hydrogen-bond acceptors (Lipinski definition) is 6. The number of anilines is 1. The number of thioether (sulfide) groups is 1. The molecule has 9 heteroatoms. The second-order valence-electron chi connectivity index (χ2n) is 8.14. The third kappa shape index (κ3) is 4.84. The van der Waals surface area contributed by atoms with Crippen molar-refractivity contribution in [1.82, 2.24) is 14.4 Å². The summed E-state index contributed by atoms with van der Waals surface area (Å²) in [4.78, 5) is 43.6. The molecule has 2 aromatic rings. The van der Waals surface area contributed by atoms with E-state index in [1.165, 1.54) is 0 Å². The highest BCUT2D eigenvalue weighted by Gasteiger charge is 2.37. The Morgan fingerprint density at radius 2 is 1.79 bits per heavy atom. The van der Waals surface area contributed by atoms with Crippen LogP contribution in [0.1, 0.15) is 17.0 Å². The second kappa shape index (κ2) is 9.84. The van der Waals surface area contributed by atoms with Gasteiger partial charge in [0.15, 0.2) is 0 Å². The lowest BCUT2D eigenvalue weighted by Crippen LogP contribution is -2.51. The molecule has 2 aliphatic heterocycles. The number of ether oxygens (including phenoxy) is 1. The van der Waals surface area contributed by atoms with Crippen LogP contribution in [0.5, 0.6) is 0 Å². The topological polar surface area (TPSA) is 75.1 Å². The van der Waals surface area contributed by atoms with E-state index in [0.29, 0.717) is 37.8 Å². The molecule has 0 atom stereocenters. The summed E-state index contributed by atoms with van der Waals surface area (Å²) in [7, 11) is 1.63. The van der Waals surface area contributed by atoms with E-state index in [4.69, 9.17) is 4.74 Å². The van der Waals surface area contributed by atoms with Crippen LogP contribution in [0.15, 0.2) is 41.3 Å². The smallest absolute Gasteiger partial charge is 0.294 e. The molecule has 0 spiro atoms. The van der Waals surface area contributed by atoms with Gasteiger partial charge in [0.1, 0.15) is 13.3 Å². The first-order valence-corrected chi connectivity index (χ1v) is 11.7. The molecule has 4 rings (SSSR count). The minimum Gasteiger partial charge on any atom is -0.368 e. The summed E-state index contributed by atoms with van der Waals surface area (Å²) >= 11 is 0.879. The summed E-state index contributed by atoms with van der Waals surface area (Å²) in [5.74, 6) is -0.623. The first-order chi connectivity index (χ1) is 15.9. The Morgan fingerprint density at radius 1 is 1.09 bits per heavy atom. The fourth-order valence-corrected chi connectivity index (χ4v) is 5.00. The maximum absolute atomic E-state index is 12.9. The summed E-state index contributed by atoms with van der Waals surface area (Å²) in [5, 5.41) is -0.409. The van der Waals surface area contributed by atoms with Crippen LogP contribution >= 0.6 is 11.8 Å². The van der Waals surface area contributed by atoms with Gasteiger partial charge in [0.25, 0.3) is 11.1 Å². The van der Waals surface area contributed by atoms with Crippen molar-refractivity contribution in [2.24, 2.45) is 0 Å². The number of amides is 3. The van der Waals surface area contributed by atoms with Crippen molar-refractivity contribution in [1.29, 1.82) is 0 Å². The van der Waals surface area contributed by atoms with Crippen LogP contribution in [0.25, 0.3) is 6.08 Å². The predicted molar refractivity (Wildman–Crippen MR) is 129 cm³/mol. The minimum atomic E-state index is -0.419. The van der Waals surface area contributed by atoms with E-state index in [-0.39, 0.29) is 12.5 Å². The van der Waals surface area contributed by atoms with Crippen molar-refractivity contribution >= 4 is 40.6 Å². The Labute approximate surface area is 197 Å². The lowest BCUT2D eigenvalue weighted by molar-refractivity contribution is -0.136. The molecule has 174 valence electrons. The zero-order valence-corrected chi connectivity index (χ0v) is 19.9. The maximum atomic E-state index is 12.9. The lowest BCUT2D eigenvalue weighted by Gasteiger charge is -2.36. The van der Waals surface area contributed by atoms with E-state index in [1.807, 2.05) is 42.7 Å². The number of carbonyl (C=O) groups is 3. The van der Waals surface area contributed by atoms with Gasteiger partial charge in [0, 0.05) is 50.4 Å². The quantitative estimate of drug-likeness (QED) is 0.607. The third-order valence-corrected chi connectivity index (χ3v) is 6.99. The van der Waals surface area contributed by atoms with Gasteiger partial charge in [-0.15, -0.1) is 0 Å². The van der Waals surface area contributed by atoms with E-state index >= 15 is 0 Å². The number of para-hydroxylation sites is 1. The van der Waals surface area contributed by atoms with Gasteiger partial charge in [-0.3, -0.25) is 19.3 Å². The summed E-state index contributed by atoms with van der Waals surface area (Å²) in [6.07, 6.45) is 1.72. The van der Waals surface area contributed by atoms with Crippen LogP contribution in [0.3, 0.4) is 0 Å². The number of benzene rings is 1. The molecule has 0 bridgehead atoms. The first-order valence-electron chi connectivity index (χ1n) is 10.9. The Kier molecular flexibility index (Phi) is 6.90. The van der Waals surface area contributed by atoms with Gasteiger partial charge in [-0.05, 0) is 55.4 Å². The summed E-state index contributed by atoms with van der Waals surface area (Å²) in [6.45, 7) is 6.65. The Balaban J connectivity index is 1.39. The van der Waals surface area contributed by atoms with E-state index < -0.39 is 11.1 Å². The Morgan fingerprint density at radius 3 is 2.45 bits per heavy atom. The largest absolute Gasteiger partial charge is 0.368 e. The molecule has 2 fully saturated rings. The predicted octanol–water partition coefficient (Wildman–Crippen LogP) is 3.09. The molecule has 1 aromatic carbocycles. The van der Waals surface area contributed by atoms with Gasteiger partial charge < -0.3 is 19.1 Å².